The van der Waals surface area contributed by atoms with E-state index in [1.54, 1.807) is 25.1 Å². The highest BCUT2D eigenvalue weighted by molar-refractivity contribution is 8.14. The summed E-state index contributed by atoms with van der Waals surface area (Å²) in [6, 6.07) is 8.86. The van der Waals surface area contributed by atoms with Crippen molar-refractivity contribution in [3.05, 3.63) is 53.3 Å². The van der Waals surface area contributed by atoms with Crippen LogP contribution in [0.3, 0.4) is 0 Å². The van der Waals surface area contributed by atoms with Crippen molar-refractivity contribution in [1.82, 2.24) is 25.3 Å². The Kier molecular flexibility index (Phi) is 10.6. The summed E-state index contributed by atoms with van der Waals surface area (Å²) in [6.07, 6.45) is 2.50. The zero-order valence-corrected chi connectivity index (χ0v) is 31.3. The number of pyridine rings is 1. The molecule has 14 heteroatoms. The Morgan fingerprint density at radius 2 is 2.06 bits per heavy atom. The minimum atomic E-state index is -0.947. The quantitative estimate of drug-likeness (QED) is 0.328. The number of hydrogen-bond donors (Lipinski definition) is 2. The van der Waals surface area contributed by atoms with Gasteiger partial charge in [-0.15, -0.1) is 11.8 Å². The zero-order chi connectivity index (χ0) is 36.6. The van der Waals surface area contributed by atoms with E-state index in [1.165, 1.54) is 5.01 Å². The standard InChI is InChI=1S/C38H48N6O7S/c1-6-43-31-12-11-23-15-26(31)27(34(43)25-9-7-13-39-33(25)22(2)48-5)17-38(3,4)21-50-36(46)28-10-8-14-44(42-28)35(45)29(16-32-40-30(23)20-52-32)41-37(47)51-24-18-49-19-24/h7,9,11-13,15,22,24,28-30,42H,6,8,10,14,16-21H2,1-5H3,(H,41,47)/t22-,28-,29-,30?/m0/s1. The number of aromatic nitrogens is 2. The fourth-order valence-corrected chi connectivity index (χ4v) is 8.51. The number of aliphatic imine (C=N–C) groups is 1. The molecule has 0 saturated carbocycles. The van der Waals surface area contributed by atoms with E-state index in [0.29, 0.717) is 44.8 Å². The molecule has 7 rings (SSSR count). The summed E-state index contributed by atoms with van der Waals surface area (Å²) in [6.45, 7) is 10.3. The summed E-state index contributed by atoms with van der Waals surface area (Å²) in [4.78, 5) is 50.4. The number of ether oxygens (including phenoxy) is 4. The summed E-state index contributed by atoms with van der Waals surface area (Å²) in [5, 5.41) is 6.11. The van der Waals surface area contributed by atoms with Crippen LogP contribution < -0.4 is 10.7 Å². The number of nitrogens with zero attached hydrogens (tertiary/aromatic N) is 4. The van der Waals surface area contributed by atoms with Gasteiger partial charge in [0.25, 0.3) is 5.91 Å². The Bertz CT molecular complexity index is 1870. The molecule has 4 aliphatic heterocycles. The lowest BCUT2D eigenvalue weighted by atomic mass is 9.84. The molecule has 13 nitrogen and oxygen atoms in total. The number of esters is 1. The fourth-order valence-electron chi connectivity index (χ4n) is 7.41. The summed E-state index contributed by atoms with van der Waals surface area (Å²) in [7, 11) is 1.70. The second kappa shape index (κ2) is 15.2. The van der Waals surface area contributed by atoms with Crippen LogP contribution >= 0.6 is 11.8 Å². The Labute approximate surface area is 308 Å². The van der Waals surface area contributed by atoms with Crippen molar-refractivity contribution in [2.75, 3.05) is 39.2 Å². The second-order valence-electron chi connectivity index (χ2n) is 14.7. The van der Waals surface area contributed by atoms with Gasteiger partial charge >= 0.3 is 12.1 Å². The Morgan fingerprint density at radius 3 is 2.81 bits per heavy atom. The van der Waals surface area contributed by atoms with E-state index in [0.717, 1.165) is 50.6 Å². The molecule has 1 unspecified atom stereocenters. The molecule has 0 spiro atoms. The van der Waals surface area contributed by atoms with Crippen LogP contribution in [0.15, 0.2) is 41.5 Å². The van der Waals surface area contributed by atoms with Crippen molar-refractivity contribution in [1.29, 1.82) is 0 Å². The van der Waals surface area contributed by atoms with Gasteiger partial charge in [0.15, 0.2) is 6.10 Å². The number of hydrazine groups is 1. The predicted octanol–water partition coefficient (Wildman–Crippen LogP) is 5.12. The number of hydrogen-bond acceptors (Lipinski definition) is 11. The Morgan fingerprint density at radius 1 is 1.23 bits per heavy atom. The number of fused-ring (bicyclic) bond motifs is 5. The second-order valence-corrected chi connectivity index (χ2v) is 15.8. The molecule has 2 aromatic heterocycles. The summed E-state index contributed by atoms with van der Waals surface area (Å²) in [5.74, 6) is -0.0659. The number of carbonyl (C=O) groups is 3. The normalized spacial score (nSPS) is 24.4. The van der Waals surface area contributed by atoms with Gasteiger partial charge in [0.2, 0.25) is 0 Å². The highest BCUT2D eigenvalue weighted by Crippen LogP contribution is 2.42. The van der Waals surface area contributed by atoms with Crippen LogP contribution in [0, 0.1) is 5.41 Å². The average Bonchev–Trinajstić information content (AvgIpc) is 3.72. The molecule has 0 radical (unpaired) electrons. The molecule has 6 heterocycles. The fraction of sp³-hybridized carbons (Fsp3) is 0.553. The number of cyclic esters (lactones) is 1. The Balaban J connectivity index is 1.32. The number of rotatable bonds is 6. The highest BCUT2D eigenvalue weighted by atomic mass is 32.2. The lowest BCUT2D eigenvalue weighted by molar-refractivity contribution is -0.155. The van der Waals surface area contributed by atoms with E-state index in [-0.39, 0.29) is 37.2 Å². The van der Waals surface area contributed by atoms with Gasteiger partial charge in [-0.1, -0.05) is 19.9 Å². The first-order valence-electron chi connectivity index (χ1n) is 18.2. The van der Waals surface area contributed by atoms with Gasteiger partial charge in [-0.3, -0.25) is 24.6 Å². The van der Waals surface area contributed by atoms with Crippen LogP contribution in [-0.4, -0.2) is 95.0 Å². The van der Waals surface area contributed by atoms with E-state index in [2.05, 4.69) is 60.3 Å². The molecule has 2 N–H and O–H groups in total. The van der Waals surface area contributed by atoms with E-state index in [4.69, 9.17) is 28.9 Å². The summed E-state index contributed by atoms with van der Waals surface area (Å²) < 4.78 is 24.7. The maximum atomic E-state index is 14.0. The van der Waals surface area contributed by atoms with Gasteiger partial charge in [0, 0.05) is 60.5 Å². The van der Waals surface area contributed by atoms with Crippen molar-refractivity contribution in [2.45, 2.75) is 90.3 Å². The van der Waals surface area contributed by atoms with Crippen LogP contribution in [0.2, 0.25) is 0 Å². The monoisotopic (exact) mass is 732 g/mol. The van der Waals surface area contributed by atoms with Crippen LogP contribution in [0.5, 0.6) is 0 Å². The summed E-state index contributed by atoms with van der Waals surface area (Å²) in [5.41, 5.74) is 8.93. The number of alkyl carbamates (subject to hydrolysis) is 1. The third kappa shape index (κ3) is 7.43. The number of amides is 2. The maximum absolute atomic E-state index is 14.0. The third-order valence-corrected chi connectivity index (χ3v) is 11.4. The van der Waals surface area contributed by atoms with E-state index in [9.17, 15) is 14.4 Å². The molecule has 1 aromatic carbocycles. The first-order chi connectivity index (χ1) is 25.0. The van der Waals surface area contributed by atoms with Crippen molar-refractivity contribution in [3.63, 3.8) is 0 Å². The molecule has 278 valence electrons. The number of methoxy groups -OCH3 is 1. The molecule has 4 aliphatic rings. The number of carbonyl (C=O) groups excluding carboxylic acids is 3. The van der Waals surface area contributed by atoms with Crippen LogP contribution in [-0.2, 0) is 41.5 Å². The third-order valence-electron chi connectivity index (χ3n) is 10.3. The van der Waals surface area contributed by atoms with Gasteiger partial charge in [-0.05, 0) is 68.5 Å². The lowest BCUT2D eigenvalue weighted by Gasteiger charge is -2.35. The zero-order valence-electron chi connectivity index (χ0n) is 30.5. The van der Waals surface area contributed by atoms with E-state index < -0.39 is 29.6 Å². The first kappa shape index (κ1) is 36.4. The molecular formula is C38H48N6O7S. The number of benzene rings is 1. The molecule has 3 aromatic rings. The van der Waals surface area contributed by atoms with Gasteiger partial charge in [-0.25, -0.2) is 10.2 Å². The Hall–Kier alpha value is -3.98. The van der Waals surface area contributed by atoms with Crippen molar-refractivity contribution in [3.8, 4) is 11.3 Å². The molecule has 0 aliphatic carbocycles. The van der Waals surface area contributed by atoms with E-state index in [1.807, 2.05) is 13.0 Å². The van der Waals surface area contributed by atoms with Crippen LogP contribution in [0.1, 0.15) is 75.9 Å². The molecule has 2 amide bonds. The number of thioether (sulfide) groups is 1. The smallest absolute Gasteiger partial charge is 0.408 e. The van der Waals surface area contributed by atoms with Gasteiger partial charge in [-0.2, -0.15) is 0 Å². The molecule has 2 saturated heterocycles. The van der Waals surface area contributed by atoms with E-state index >= 15 is 0 Å². The van der Waals surface area contributed by atoms with Gasteiger partial charge in [0.05, 0.1) is 48.4 Å². The number of nitrogens with one attached hydrogen (secondary N) is 2. The SMILES string of the molecule is CCn1c(-c2cccnc2[C@H](C)OC)c2c3cc(ccc31)C1CSC(=N1)C[C@H](NC(=O)OC1COC1)C(=O)N1CCC[C@H](N1)C(=O)OCC(C)(C)C2. The van der Waals surface area contributed by atoms with Crippen LogP contribution in [0.4, 0.5) is 4.79 Å². The van der Waals surface area contributed by atoms with Crippen LogP contribution in [0.25, 0.3) is 22.2 Å². The highest BCUT2D eigenvalue weighted by Gasteiger charge is 2.37. The predicted molar refractivity (Wildman–Crippen MR) is 198 cm³/mol. The lowest BCUT2D eigenvalue weighted by Crippen LogP contribution is -2.60. The molecule has 2 fully saturated rings. The van der Waals surface area contributed by atoms with Gasteiger partial charge in [0.1, 0.15) is 12.1 Å². The number of aryl methyl sites for hydroxylation is 1. The first-order valence-corrected chi connectivity index (χ1v) is 19.2. The average molecular weight is 733 g/mol. The minimum absolute atomic E-state index is 0.131. The molecular weight excluding hydrogens is 685 g/mol. The molecule has 52 heavy (non-hydrogen) atoms. The molecule has 4 atom stereocenters. The largest absolute Gasteiger partial charge is 0.464 e. The molecule has 6 bridgehead atoms. The van der Waals surface area contributed by atoms with Crippen molar-refractivity contribution >= 4 is 45.7 Å². The summed E-state index contributed by atoms with van der Waals surface area (Å²) >= 11 is 1.59. The maximum Gasteiger partial charge on any atom is 0.408 e. The minimum Gasteiger partial charge on any atom is -0.464 e. The van der Waals surface area contributed by atoms with Crippen molar-refractivity contribution < 1.29 is 33.3 Å². The van der Waals surface area contributed by atoms with Crippen molar-refractivity contribution in [2.24, 2.45) is 10.4 Å². The topological polar surface area (TPSA) is 146 Å². The van der Waals surface area contributed by atoms with Gasteiger partial charge < -0.3 is 28.8 Å².